The van der Waals surface area contributed by atoms with Gasteiger partial charge in [0.1, 0.15) is 5.69 Å². The molecule has 2 N–H and O–H groups in total. The van der Waals surface area contributed by atoms with E-state index in [1.165, 1.54) is 6.92 Å². The van der Waals surface area contributed by atoms with Crippen LogP contribution in [-0.2, 0) is 19.4 Å². The monoisotopic (exact) mass is 356 g/mol. The number of aromatic nitrogens is 1. The number of carbonyl (C=O) groups is 3. The minimum atomic E-state index is -3.09. The molecule has 1 aromatic heterocycles. The first kappa shape index (κ1) is 18.2. The Labute approximate surface area is 139 Å². The number of ketones is 1. The second-order valence-electron chi connectivity index (χ2n) is 5.92. The molecule has 1 aliphatic rings. The average molecular weight is 356 g/mol. The molecule has 1 aliphatic heterocycles. The van der Waals surface area contributed by atoms with Crippen molar-refractivity contribution in [1.82, 2.24) is 10.3 Å². The highest BCUT2D eigenvalue weighted by Crippen LogP contribution is 2.19. The largest absolute Gasteiger partial charge is 0.451 e. The number of H-pyrrole nitrogens is 1. The summed E-state index contributed by atoms with van der Waals surface area (Å²) in [7, 11) is -3.09. The van der Waals surface area contributed by atoms with E-state index in [1.807, 2.05) is 0 Å². The first-order valence-corrected chi connectivity index (χ1v) is 9.30. The van der Waals surface area contributed by atoms with Crippen LogP contribution in [0.3, 0.4) is 0 Å². The SMILES string of the molecule is CC(=O)c1c(C)[nH]c(C(=O)OCC(=O)N[C@H]2CCS(=O)(=O)C2)c1C. The average Bonchev–Trinajstić information content (AvgIpc) is 2.95. The van der Waals surface area contributed by atoms with E-state index >= 15 is 0 Å². The maximum Gasteiger partial charge on any atom is 0.355 e. The molecule has 1 fully saturated rings. The van der Waals surface area contributed by atoms with Crippen molar-refractivity contribution in [2.24, 2.45) is 0 Å². The number of hydrogen-bond donors (Lipinski definition) is 2. The van der Waals surface area contributed by atoms with E-state index in [1.54, 1.807) is 13.8 Å². The predicted octanol–water partition coefficient (Wildman–Crippen LogP) is 0.294. The van der Waals surface area contributed by atoms with Crippen LogP contribution in [0.25, 0.3) is 0 Å². The van der Waals surface area contributed by atoms with E-state index in [2.05, 4.69) is 10.3 Å². The van der Waals surface area contributed by atoms with Gasteiger partial charge in [-0.1, -0.05) is 0 Å². The molecule has 1 amide bonds. The Balaban J connectivity index is 1.93. The topological polar surface area (TPSA) is 122 Å². The van der Waals surface area contributed by atoms with Crippen LogP contribution in [0.5, 0.6) is 0 Å². The molecule has 1 atom stereocenters. The first-order valence-electron chi connectivity index (χ1n) is 7.47. The fourth-order valence-electron chi connectivity index (χ4n) is 2.86. The van der Waals surface area contributed by atoms with Crippen LogP contribution in [0.4, 0.5) is 0 Å². The van der Waals surface area contributed by atoms with Gasteiger partial charge < -0.3 is 15.0 Å². The van der Waals surface area contributed by atoms with Crippen LogP contribution < -0.4 is 5.32 Å². The number of ether oxygens (including phenoxy) is 1. The molecule has 1 aromatic rings. The molecule has 0 aromatic carbocycles. The van der Waals surface area contributed by atoms with Crippen molar-refractivity contribution >= 4 is 27.5 Å². The minimum Gasteiger partial charge on any atom is -0.451 e. The highest BCUT2D eigenvalue weighted by atomic mass is 32.2. The van der Waals surface area contributed by atoms with Crippen LogP contribution >= 0.6 is 0 Å². The fraction of sp³-hybridized carbons (Fsp3) is 0.533. The number of rotatable bonds is 5. The van der Waals surface area contributed by atoms with Crippen molar-refractivity contribution in [2.45, 2.75) is 33.2 Å². The van der Waals surface area contributed by atoms with Crippen molar-refractivity contribution in [1.29, 1.82) is 0 Å². The van der Waals surface area contributed by atoms with Crippen LogP contribution in [-0.4, -0.2) is 55.2 Å². The number of esters is 1. The van der Waals surface area contributed by atoms with Gasteiger partial charge in [-0.2, -0.15) is 0 Å². The molecule has 1 saturated heterocycles. The summed E-state index contributed by atoms with van der Waals surface area (Å²) < 4.78 is 27.6. The fourth-order valence-corrected chi connectivity index (χ4v) is 4.54. The maximum atomic E-state index is 12.1. The number of Topliss-reactive ketones (excluding diaryl/α,β-unsaturated/α-hetero) is 1. The smallest absolute Gasteiger partial charge is 0.355 e. The third-order valence-corrected chi connectivity index (χ3v) is 5.69. The zero-order valence-electron chi connectivity index (χ0n) is 13.8. The molecule has 0 aliphatic carbocycles. The predicted molar refractivity (Wildman–Crippen MR) is 85.8 cm³/mol. The summed E-state index contributed by atoms with van der Waals surface area (Å²) in [4.78, 5) is 38.2. The van der Waals surface area contributed by atoms with E-state index in [0.717, 1.165) is 0 Å². The van der Waals surface area contributed by atoms with E-state index in [4.69, 9.17) is 4.74 Å². The molecule has 0 radical (unpaired) electrons. The maximum absolute atomic E-state index is 12.1. The van der Waals surface area contributed by atoms with Crippen LogP contribution in [0.1, 0.15) is 45.4 Å². The molecule has 0 saturated carbocycles. The number of aryl methyl sites for hydroxylation is 1. The summed E-state index contributed by atoms with van der Waals surface area (Å²) in [6.07, 6.45) is 0.360. The van der Waals surface area contributed by atoms with Crippen molar-refractivity contribution in [3.8, 4) is 0 Å². The van der Waals surface area contributed by atoms with Crippen molar-refractivity contribution in [3.05, 3.63) is 22.5 Å². The molecule has 0 bridgehead atoms. The summed E-state index contributed by atoms with van der Waals surface area (Å²) >= 11 is 0. The second-order valence-corrected chi connectivity index (χ2v) is 8.15. The summed E-state index contributed by atoms with van der Waals surface area (Å²) in [6.45, 7) is 4.19. The Morgan fingerprint density at radius 1 is 1.29 bits per heavy atom. The number of nitrogens with one attached hydrogen (secondary N) is 2. The zero-order valence-corrected chi connectivity index (χ0v) is 14.6. The van der Waals surface area contributed by atoms with E-state index in [0.29, 0.717) is 23.2 Å². The quantitative estimate of drug-likeness (QED) is 0.578. The van der Waals surface area contributed by atoms with Crippen LogP contribution in [0.15, 0.2) is 0 Å². The molecular formula is C15H20N2O6S. The summed E-state index contributed by atoms with van der Waals surface area (Å²) in [5, 5.41) is 2.53. The Morgan fingerprint density at radius 2 is 1.96 bits per heavy atom. The Kier molecular flexibility index (Phi) is 5.12. The highest BCUT2D eigenvalue weighted by molar-refractivity contribution is 7.91. The third kappa shape index (κ3) is 4.02. The van der Waals surface area contributed by atoms with E-state index in [9.17, 15) is 22.8 Å². The second kappa shape index (κ2) is 6.76. The van der Waals surface area contributed by atoms with Crippen molar-refractivity contribution in [3.63, 3.8) is 0 Å². The number of aromatic amines is 1. The zero-order chi connectivity index (χ0) is 18.1. The van der Waals surface area contributed by atoms with Gasteiger partial charge in [0.05, 0.1) is 11.5 Å². The molecule has 2 rings (SSSR count). The van der Waals surface area contributed by atoms with Gasteiger partial charge in [-0.3, -0.25) is 9.59 Å². The standard InChI is InChI=1S/C15H20N2O6S/c1-8-13(10(3)18)9(2)16-14(8)15(20)23-6-12(19)17-11-4-5-24(21,22)7-11/h11,16H,4-7H2,1-3H3,(H,17,19)/t11-/m0/s1. The first-order chi connectivity index (χ1) is 11.1. The Hall–Kier alpha value is -2.16. The number of carbonyl (C=O) groups excluding carboxylic acids is 3. The van der Waals surface area contributed by atoms with Crippen molar-refractivity contribution < 1.29 is 27.5 Å². The van der Waals surface area contributed by atoms with Gasteiger partial charge in [-0.25, -0.2) is 13.2 Å². The molecule has 8 nitrogen and oxygen atoms in total. The van der Waals surface area contributed by atoms with Gasteiger partial charge in [-0.15, -0.1) is 0 Å². The molecule has 24 heavy (non-hydrogen) atoms. The molecule has 132 valence electrons. The lowest BCUT2D eigenvalue weighted by Crippen LogP contribution is -2.38. The van der Waals surface area contributed by atoms with Crippen LogP contribution in [0.2, 0.25) is 0 Å². The van der Waals surface area contributed by atoms with Gasteiger partial charge in [0.15, 0.2) is 22.2 Å². The molecule has 0 unspecified atom stereocenters. The summed E-state index contributed by atoms with van der Waals surface area (Å²) in [5.74, 6) is -1.51. The summed E-state index contributed by atoms with van der Waals surface area (Å²) in [5.41, 5.74) is 1.61. The third-order valence-electron chi connectivity index (χ3n) is 3.93. The van der Waals surface area contributed by atoms with E-state index in [-0.39, 0.29) is 23.0 Å². The van der Waals surface area contributed by atoms with Gasteiger partial charge in [-0.05, 0) is 32.8 Å². The lowest BCUT2D eigenvalue weighted by atomic mass is 10.1. The number of sulfone groups is 1. The van der Waals surface area contributed by atoms with Gasteiger partial charge in [0, 0.05) is 17.3 Å². The van der Waals surface area contributed by atoms with Gasteiger partial charge in [0.2, 0.25) is 0 Å². The molecule has 2 heterocycles. The van der Waals surface area contributed by atoms with Crippen molar-refractivity contribution in [2.75, 3.05) is 18.1 Å². The Bertz CT molecular complexity index is 793. The number of amides is 1. The number of hydrogen-bond acceptors (Lipinski definition) is 6. The molecule has 9 heteroatoms. The lowest BCUT2D eigenvalue weighted by Gasteiger charge is -2.11. The summed E-state index contributed by atoms with van der Waals surface area (Å²) in [6, 6.07) is -0.444. The highest BCUT2D eigenvalue weighted by Gasteiger charge is 2.29. The van der Waals surface area contributed by atoms with E-state index < -0.39 is 34.4 Å². The van der Waals surface area contributed by atoms with Gasteiger partial charge >= 0.3 is 5.97 Å². The van der Waals surface area contributed by atoms with Crippen LogP contribution in [0, 0.1) is 13.8 Å². The molecular weight excluding hydrogens is 336 g/mol. The lowest BCUT2D eigenvalue weighted by molar-refractivity contribution is -0.124. The Morgan fingerprint density at radius 3 is 2.46 bits per heavy atom. The molecule has 0 spiro atoms. The van der Waals surface area contributed by atoms with Gasteiger partial charge in [0.25, 0.3) is 5.91 Å². The minimum absolute atomic E-state index is 0.0481. The normalized spacial score (nSPS) is 19.0.